The van der Waals surface area contributed by atoms with E-state index in [0.29, 0.717) is 28.4 Å². The Labute approximate surface area is 151 Å². The van der Waals surface area contributed by atoms with Crippen molar-refractivity contribution < 1.29 is 34.0 Å². The zero-order chi connectivity index (χ0) is 19.3. The van der Waals surface area contributed by atoms with E-state index in [1.54, 1.807) is 6.07 Å². The molecule has 0 radical (unpaired) electrons. The molecule has 0 amide bonds. The van der Waals surface area contributed by atoms with Crippen LogP contribution in [0.15, 0.2) is 30.3 Å². The fourth-order valence-corrected chi connectivity index (χ4v) is 2.45. The maximum atomic E-state index is 11.9. The SMILES string of the molecule is COc1ccc(/C=C(/C(=O)O)c2cc(OC)c(OC)c(OC)c2)cc1[O-]. The van der Waals surface area contributed by atoms with Gasteiger partial charge < -0.3 is 29.2 Å². The van der Waals surface area contributed by atoms with Gasteiger partial charge in [-0.05, 0) is 35.4 Å². The molecule has 2 rings (SSSR count). The second-order valence-corrected chi connectivity index (χ2v) is 5.19. The summed E-state index contributed by atoms with van der Waals surface area (Å²) in [7, 11) is 5.74. The van der Waals surface area contributed by atoms with Crippen LogP contribution in [0.4, 0.5) is 0 Å². The van der Waals surface area contributed by atoms with Gasteiger partial charge in [0.25, 0.3) is 0 Å². The lowest BCUT2D eigenvalue weighted by Gasteiger charge is -2.15. The van der Waals surface area contributed by atoms with Gasteiger partial charge in [0.15, 0.2) is 11.5 Å². The minimum atomic E-state index is -1.16. The average molecular weight is 359 g/mol. The molecule has 0 saturated carbocycles. The van der Waals surface area contributed by atoms with Crippen molar-refractivity contribution in [2.24, 2.45) is 0 Å². The zero-order valence-electron chi connectivity index (χ0n) is 14.9. The van der Waals surface area contributed by atoms with Crippen molar-refractivity contribution in [1.82, 2.24) is 0 Å². The molecule has 0 fully saturated rings. The van der Waals surface area contributed by atoms with Crippen LogP contribution in [0.1, 0.15) is 11.1 Å². The number of hydrogen-bond donors (Lipinski definition) is 1. The molecule has 1 N–H and O–H groups in total. The molecule has 0 aliphatic carbocycles. The van der Waals surface area contributed by atoms with Crippen LogP contribution in [0.25, 0.3) is 11.6 Å². The summed E-state index contributed by atoms with van der Waals surface area (Å²) in [5.74, 6) is -0.304. The van der Waals surface area contributed by atoms with Crippen LogP contribution in [0.2, 0.25) is 0 Å². The second kappa shape index (κ2) is 8.15. The Bertz CT molecular complexity index is 815. The Morgan fingerprint density at radius 2 is 1.50 bits per heavy atom. The predicted molar refractivity (Wildman–Crippen MR) is 94.0 cm³/mol. The molecule has 2 aromatic rings. The van der Waals surface area contributed by atoms with E-state index in [9.17, 15) is 15.0 Å². The number of rotatable bonds is 7. The number of carboxylic acids is 1. The minimum absolute atomic E-state index is 0.0335. The molecule has 0 spiro atoms. The van der Waals surface area contributed by atoms with E-state index < -0.39 is 5.97 Å². The van der Waals surface area contributed by atoms with Crippen molar-refractivity contribution in [3.63, 3.8) is 0 Å². The highest BCUT2D eigenvalue weighted by molar-refractivity contribution is 6.20. The first-order valence-corrected chi connectivity index (χ1v) is 7.55. The molecule has 0 unspecified atom stereocenters. The summed E-state index contributed by atoms with van der Waals surface area (Å²) >= 11 is 0. The van der Waals surface area contributed by atoms with Gasteiger partial charge in [0.05, 0.1) is 34.0 Å². The molecule has 2 aromatic carbocycles. The molecular weight excluding hydrogens is 340 g/mol. The summed E-state index contributed by atoms with van der Waals surface area (Å²) < 4.78 is 20.7. The standard InChI is InChI=1S/C19H20O7/c1-23-15-6-5-11(8-14(15)20)7-13(19(21)22)12-9-16(24-2)18(26-4)17(10-12)25-3/h5-10,20H,1-4H3,(H,21,22)/p-1/b13-7+. The quantitative estimate of drug-likeness (QED) is 0.599. The van der Waals surface area contributed by atoms with Crippen molar-refractivity contribution in [1.29, 1.82) is 0 Å². The summed E-state index contributed by atoms with van der Waals surface area (Å²) in [4.78, 5) is 11.8. The van der Waals surface area contributed by atoms with Crippen LogP contribution in [0, 0.1) is 0 Å². The maximum Gasteiger partial charge on any atom is 0.336 e. The molecule has 26 heavy (non-hydrogen) atoms. The first kappa shape index (κ1) is 19.0. The fraction of sp³-hybridized carbons (Fsp3) is 0.211. The summed E-state index contributed by atoms with van der Waals surface area (Å²) in [5.41, 5.74) is 0.742. The first-order chi connectivity index (χ1) is 12.4. The van der Waals surface area contributed by atoms with Gasteiger partial charge in [0, 0.05) is 0 Å². The predicted octanol–water partition coefficient (Wildman–Crippen LogP) is 2.42. The fourth-order valence-electron chi connectivity index (χ4n) is 2.45. The average Bonchev–Trinajstić information content (AvgIpc) is 2.64. The van der Waals surface area contributed by atoms with Crippen LogP contribution in [-0.4, -0.2) is 39.5 Å². The van der Waals surface area contributed by atoms with Crippen molar-refractivity contribution in [3.8, 4) is 28.7 Å². The van der Waals surface area contributed by atoms with E-state index in [2.05, 4.69) is 0 Å². The molecule has 0 aliphatic rings. The molecule has 0 aliphatic heterocycles. The number of aliphatic carboxylic acids is 1. The summed E-state index contributed by atoms with van der Waals surface area (Å²) in [6.07, 6.45) is 1.39. The summed E-state index contributed by atoms with van der Waals surface area (Å²) in [5, 5.41) is 21.5. The molecule has 138 valence electrons. The van der Waals surface area contributed by atoms with Crippen LogP contribution < -0.4 is 24.1 Å². The highest BCUT2D eigenvalue weighted by Crippen LogP contribution is 2.40. The molecule has 7 nitrogen and oxygen atoms in total. The minimum Gasteiger partial charge on any atom is -0.870 e. The molecule has 0 atom stereocenters. The smallest absolute Gasteiger partial charge is 0.336 e. The van der Waals surface area contributed by atoms with E-state index in [0.717, 1.165) is 0 Å². The Morgan fingerprint density at radius 3 is 1.92 bits per heavy atom. The van der Waals surface area contributed by atoms with Crippen molar-refractivity contribution in [3.05, 3.63) is 41.5 Å². The van der Waals surface area contributed by atoms with E-state index in [4.69, 9.17) is 18.9 Å². The lowest BCUT2D eigenvalue weighted by Crippen LogP contribution is -2.03. The third kappa shape index (κ3) is 3.83. The van der Waals surface area contributed by atoms with Crippen LogP contribution >= 0.6 is 0 Å². The van der Waals surface area contributed by atoms with Crippen LogP contribution in [0.5, 0.6) is 28.7 Å². The summed E-state index contributed by atoms with van der Waals surface area (Å²) in [6, 6.07) is 7.45. The molecule has 0 heterocycles. The third-order valence-electron chi connectivity index (χ3n) is 3.70. The van der Waals surface area contributed by atoms with Gasteiger partial charge in [0.2, 0.25) is 5.75 Å². The van der Waals surface area contributed by atoms with Crippen molar-refractivity contribution in [2.45, 2.75) is 0 Å². The second-order valence-electron chi connectivity index (χ2n) is 5.19. The van der Waals surface area contributed by atoms with E-state index in [1.165, 1.54) is 58.8 Å². The van der Waals surface area contributed by atoms with Gasteiger partial charge in [-0.1, -0.05) is 17.9 Å². The first-order valence-electron chi connectivity index (χ1n) is 7.55. The number of methoxy groups -OCH3 is 4. The van der Waals surface area contributed by atoms with Crippen LogP contribution in [-0.2, 0) is 4.79 Å². The lowest BCUT2D eigenvalue weighted by atomic mass is 10.0. The molecule has 0 bridgehead atoms. The third-order valence-corrected chi connectivity index (χ3v) is 3.70. The molecule has 7 heteroatoms. The number of carboxylic acid groups (broad SMARTS) is 1. The Kier molecular flexibility index (Phi) is 5.95. The zero-order valence-corrected chi connectivity index (χ0v) is 14.9. The maximum absolute atomic E-state index is 11.9. The van der Waals surface area contributed by atoms with Crippen molar-refractivity contribution >= 4 is 17.6 Å². The van der Waals surface area contributed by atoms with Gasteiger partial charge in [-0.15, -0.1) is 0 Å². The summed E-state index contributed by atoms with van der Waals surface area (Å²) in [6.45, 7) is 0. The monoisotopic (exact) mass is 359 g/mol. The lowest BCUT2D eigenvalue weighted by molar-refractivity contribution is -0.270. The van der Waals surface area contributed by atoms with E-state index in [-0.39, 0.29) is 17.1 Å². The number of benzene rings is 2. The number of ether oxygens (including phenoxy) is 4. The largest absolute Gasteiger partial charge is 0.870 e. The molecular formula is C19H19O7-. The normalized spacial score (nSPS) is 11.0. The Hall–Kier alpha value is -3.35. The van der Waals surface area contributed by atoms with E-state index >= 15 is 0 Å². The van der Waals surface area contributed by atoms with Gasteiger partial charge in [0.1, 0.15) is 5.75 Å². The van der Waals surface area contributed by atoms with E-state index in [1.807, 2.05) is 0 Å². The Balaban J connectivity index is 2.60. The van der Waals surface area contributed by atoms with Gasteiger partial charge >= 0.3 is 5.97 Å². The van der Waals surface area contributed by atoms with Gasteiger partial charge in [-0.2, -0.15) is 0 Å². The number of carbonyl (C=O) groups is 1. The topological polar surface area (TPSA) is 97.3 Å². The molecule has 0 aromatic heterocycles. The molecule has 0 saturated heterocycles. The van der Waals surface area contributed by atoms with Gasteiger partial charge in [-0.25, -0.2) is 4.79 Å². The van der Waals surface area contributed by atoms with Crippen LogP contribution in [0.3, 0.4) is 0 Å². The number of hydrogen-bond acceptors (Lipinski definition) is 6. The highest BCUT2D eigenvalue weighted by Gasteiger charge is 2.18. The van der Waals surface area contributed by atoms with Crippen molar-refractivity contribution in [2.75, 3.05) is 28.4 Å². The van der Waals surface area contributed by atoms with Gasteiger partial charge in [-0.3, -0.25) is 0 Å². The Morgan fingerprint density at radius 1 is 0.923 bits per heavy atom. The highest BCUT2D eigenvalue weighted by atomic mass is 16.5.